The molecule has 1 amide bonds. The summed E-state index contributed by atoms with van der Waals surface area (Å²) in [6, 6.07) is -0.697. The third-order valence-corrected chi connectivity index (χ3v) is 1.93. The number of aliphatic carboxylic acids is 1. The monoisotopic (exact) mass is 157 g/mol. The molecule has 0 radical (unpaired) electrons. The highest BCUT2D eigenvalue weighted by atomic mass is 16.4. The molecule has 0 aromatic heterocycles. The molecule has 0 unspecified atom stereocenters. The topological polar surface area (TPSA) is 66.4 Å². The molecular weight excluding hydrogens is 146 g/mol. The van der Waals surface area contributed by atoms with Crippen molar-refractivity contribution in [3.63, 3.8) is 0 Å². The van der Waals surface area contributed by atoms with Gasteiger partial charge in [-0.3, -0.25) is 4.79 Å². The van der Waals surface area contributed by atoms with Gasteiger partial charge < -0.3 is 10.4 Å². The summed E-state index contributed by atoms with van der Waals surface area (Å²) in [5.41, 5.74) is -0.525. The first-order valence-electron chi connectivity index (χ1n) is 3.47. The predicted molar refractivity (Wildman–Crippen MR) is 38.0 cm³/mol. The minimum atomic E-state index is -0.955. The highest BCUT2D eigenvalue weighted by Gasteiger charge is 2.41. The summed E-state index contributed by atoms with van der Waals surface area (Å²) < 4.78 is 0. The van der Waals surface area contributed by atoms with Gasteiger partial charge >= 0.3 is 5.97 Å². The van der Waals surface area contributed by atoms with Crippen LogP contribution in [0.4, 0.5) is 0 Å². The molecular formula is C7H11NO3. The van der Waals surface area contributed by atoms with Crippen LogP contribution in [-0.2, 0) is 9.59 Å². The van der Waals surface area contributed by atoms with Crippen molar-refractivity contribution >= 4 is 11.9 Å². The molecule has 0 spiro atoms. The lowest BCUT2D eigenvalue weighted by Gasteiger charge is -2.10. The largest absolute Gasteiger partial charge is 0.480 e. The number of rotatable bonds is 1. The van der Waals surface area contributed by atoms with Gasteiger partial charge in [-0.25, -0.2) is 4.79 Å². The van der Waals surface area contributed by atoms with E-state index in [1.54, 1.807) is 13.8 Å². The van der Waals surface area contributed by atoms with Crippen molar-refractivity contribution in [1.29, 1.82) is 0 Å². The summed E-state index contributed by atoms with van der Waals surface area (Å²) in [6.07, 6.45) is 0.376. The lowest BCUT2D eigenvalue weighted by Crippen LogP contribution is -2.33. The summed E-state index contributed by atoms with van der Waals surface area (Å²) in [5.74, 6) is -1.13. The van der Waals surface area contributed by atoms with Gasteiger partial charge in [-0.15, -0.1) is 0 Å². The van der Waals surface area contributed by atoms with Gasteiger partial charge in [-0.2, -0.15) is 0 Å². The van der Waals surface area contributed by atoms with E-state index in [1.807, 2.05) is 0 Å². The van der Waals surface area contributed by atoms with Crippen molar-refractivity contribution in [3.8, 4) is 0 Å². The molecule has 1 rings (SSSR count). The molecule has 62 valence electrons. The molecule has 0 bridgehead atoms. The van der Waals surface area contributed by atoms with Crippen molar-refractivity contribution in [3.05, 3.63) is 0 Å². The number of carbonyl (C=O) groups excluding carboxylic acids is 1. The normalized spacial score (nSPS) is 28.2. The van der Waals surface area contributed by atoms with E-state index in [2.05, 4.69) is 5.32 Å². The standard InChI is InChI=1S/C7H11NO3/c1-7(2)3-4(5(9)10)8-6(7)11/h4H,3H2,1-2H3,(H,8,11)(H,9,10)/t4-/m1/s1. The zero-order valence-electron chi connectivity index (χ0n) is 6.55. The van der Waals surface area contributed by atoms with Gasteiger partial charge in [0.05, 0.1) is 0 Å². The van der Waals surface area contributed by atoms with E-state index in [4.69, 9.17) is 5.11 Å². The first kappa shape index (κ1) is 8.04. The highest BCUT2D eigenvalue weighted by molar-refractivity contribution is 5.91. The van der Waals surface area contributed by atoms with Crippen molar-refractivity contribution in [2.45, 2.75) is 26.3 Å². The smallest absolute Gasteiger partial charge is 0.326 e. The molecule has 1 aliphatic rings. The summed E-state index contributed by atoms with van der Waals surface area (Å²) in [5, 5.41) is 11.0. The highest BCUT2D eigenvalue weighted by Crippen LogP contribution is 2.28. The van der Waals surface area contributed by atoms with Crippen LogP contribution in [0, 0.1) is 5.41 Å². The van der Waals surface area contributed by atoms with E-state index in [0.717, 1.165) is 0 Å². The van der Waals surface area contributed by atoms with Crippen molar-refractivity contribution in [1.82, 2.24) is 5.32 Å². The molecule has 1 heterocycles. The van der Waals surface area contributed by atoms with Crippen LogP contribution in [0.2, 0.25) is 0 Å². The van der Waals surface area contributed by atoms with Gasteiger partial charge in [0, 0.05) is 5.41 Å². The zero-order chi connectivity index (χ0) is 8.65. The molecule has 0 aromatic rings. The molecule has 2 N–H and O–H groups in total. The quantitative estimate of drug-likeness (QED) is 0.562. The van der Waals surface area contributed by atoms with Gasteiger partial charge in [0.1, 0.15) is 6.04 Å². The molecule has 1 atom stereocenters. The number of carbonyl (C=O) groups is 2. The second kappa shape index (κ2) is 2.22. The lowest BCUT2D eigenvalue weighted by molar-refractivity contribution is -0.140. The summed E-state index contributed by atoms with van der Waals surface area (Å²) in [7, 11) is 0. The molecule has 0 aromatic carbocycles. The predicted octanol–water partition coefficient (Wildman–Crippen LogP) is -0.0143. The first-order chi connectivity index (χ1) is 4.93. The number of hydrogen-bond donors (Lipinski definition) is 2. The fourth-order valence-electron chi connectivity index (χ4n) is 1.16. The Hall–Kier alpha value is -1.06. The van der Waals surface area contributed by atoms with Gasteiger partial charge in [0.25, 0.3) is 0 Å². The Labute approximate surface area is 64.6 Å². The first-order valence-corrected chi connectivity index (χ1v) is 3.47. The van der Waals surface area contributed by atoms with Crippen LogP contribution < -0.4 is 5.32 Å². The molecule has 0 aliphatic carbocycles. The van der Waals surface area contributed by atoms with Crippen LogP contribution >= 0.6 is 0 Å². The van der Waals surface area contributed by atoms with Crippen LogP contribution in [0.5, 0.6) is 0 Å². The van der Waals surface area contributed by atoms with E-state index < -0.39 is 17.4 Å². The van der Waals surface area contributed by atoms with Crippen molar-refractivity contribution < 1.29 is 14.7 Å². The third-order valence-electron chi connectivity index (χ3n) is 1.93. The van der Waals surface area contributed by atoms with Crippen molar-refractivity contribution in [2.75, 3.05) is 0 Å². The summed E-state index contributed by atoms with van der Waals surface area (Å²) in [4.78, 5) is 21.5. The molecule has 4 nitrogen and oxygen atoms in total. The number of amides is 1. The Morgan fingerprint density at radius 1 is 1.73 bits per heavy atom. The average molecular weight is 157 g/mol. The minimum Gasteiger partial charge on any atom is -0.480 e. The SMILES string of the molecule is CC1(C)C[C@H](C(=O)O)NC1=O. The number of nitrogens with one attached hydrogen (secondary N) is 1. The van der Waals surface area contributed by atoms with Gasteiger partial charge in [0.15, 0.2) is 0 Å². The Kier molecular flexibility index (Phi) is 1.62. The van der Waals surface area contributed by atoms with E-state index in [9.17, 15) is 9.59 Å². The second-order valence-electron chi connectivity index (χ2n) is 3.45. The van der Waals surface area contributed by atoms with Crippen LogP contribution in [0.3, 0.4) is 0 Å². The fraction of sp³-hybridized carbons (Fsp3) is 0.714. The van der Waals surface area contributed by atoms with Gasteiger partial charge in [-0.1, -0.05) is 13.8 Å². The Morgan fingerprint density at radius 3 is 2.45 bits per heavy atom. The average Bonchev–Trinajstić information content (AvgIpc) is 2.08. The number of carboxylic acid groups (broad SMARTS) is 1. The fourth-order valence-corrected chi connectivity index (χ4v) is 1.16. The minimum absolute atomic E-state index is 0.176. The van der Waals surface area contributed by atoms with Crippen molar-refractivity contribution in [2.24, 2.45) is 5.41 Å². The molecule has 1 fully saturated rings. The molecule has 1 aliphatic heterocycles. The van der Waals surface area contributed by atoms with E-state index >= 15 is 0 Å². The maximum absolute atomic E-state index is 11.0. The molecule has 0 saturated carbocycles. The number of hydrogen-bond acceptors (Lipinski definition) is 2. The maximum Gasteiger partial charge on any atom is 0.326 e. The Balaban J connectivity index is 2.72. The van der Waals surface area contributed by atoms with E-state index in [0.29, 0.717) is 6.42 Å². The molecule has 11 heavy (non-hydrogen) atoms. The van der Waals surface area contributed by atoms with E-state index in [-0.39, 0.29) is 5.91 Å². The van der Waals surface area contributed by atoms with Crippen LogP contribution in [0.15, 0.2) is 0 Å². The van der Waals surface area contributed by atoms with Crippen LogP contribution in [0.1, 0.15) is 20.3 Å². The summed E-state index contributed by atoms with van der Waals surface area (Å²) in [6.45, 7) is 3.48. The maximum atomic E-state index is 11.0. The Morgan fingerprint density at radius 2 is 2.27 bits per heavy atom. The van der Waals surface area contributed by atoms with Gasteiger partial charge in [-0.05, 0) is 6.42 Å². The summed E-state index contributed by atoms with van der Waals surface area (Å²) >= 11 is 0. The third kappa shape index (κ3) is 1.34. The lowest BCUT2D eigenvalue weighted by atomic mass is 9.90. The Bertz CT molecular complexity index is 210. The van der Waals surface area contributed by atoms with E-state index in [1.165, 1.54) is 0 Å². The number of carboxylic acids is 1. The van der Waals surface area contributed by atoms with Crippen LogP contribution in [-0.4, -0.2) is 23.0 Å². The second-order valence-corrected chi connectivity index (χ2v) is 3.45. The van der Waals surface area contributed by atoms with Crippen LogP contribution in [0.25, 0.3) is 0 Å². The molecule has 1 saturated heterocycles. The zero-order valence-corrected chi connectivity index (χ0v) is 6.55. The molecule has 4 heteroatoms. The van der Waals surface area contributed by atoms with Gasteiger partial charge in [0.2, 0.25) is 5.91 Å².